The molecular formula is C9H7F2NO. The number of hydrogen-bond acceptors (Lipinski definition) is 2. The summed E-state index contributed by atoms with van der Waals surface area (Å²) in [4.78, 5) is 3.96. The molecule has 0 spiro atoms. The molecule has 1 heterocycles. The molecule has 1 aromatic heterocycles. The van der Waals surface area contributed by atoms with Gasteiger partial charge in [0.15, 0.2) is 11.5 Å². The van der Waals surface area contributed by atoms with Gasteiger partial charge in [-0.3, -0.25) is 0 Å². The third-order valence-corrected chi connectivity index (χ3v) is 1.77. The molecule has 2 nitrogen and oxygen atoms in total. The van der Waals surface area contributed by atoms with E-state index >= 15 is 0 Å². The number of nitrogens with zero attached hydrogens (tertiary/aromatic N) is 1. The Bertz CT molecular complexity index is 436. The van der Waals surface area contributed by atoms with E-state index < -0.39 is 6.43 Å². The van der Waals surface area contributed by atoms with Gasteiger partial charge in [-0.15, -0.1) is 0 Å². The quantitative estimate of drug-likeness (QED) is 0.679. The van der Waals surface area contributed by atoms with Crippen molar-refractivity contribution < 1.29 is 13.2 Å². The molecule has 2 rings (SSSR count). The number of aryl methyl sites for hydroxylation is 1. The predicted molar refractivity (Wildman–Crippen MR) is 43.7 cm³/mol. The van der Waals surface area contributed by atoms with Crippen LogP contribution in [-0.4, -0.2) is 4.98 Å². The maximum atomic E-state index is 12.2. The Morgan fingerprint density at radius 2 is 2.15 bits per heavy atom. The lowest BCUT2D eigenvalue weighted by Crippen LogP contribution is -1.82. The van der Waals surface area contributed by atoms with Gasteiger partial charge in [-0.1, -0.05) is 0 Å². The van der Waals surface area contributed by atoms with Crippen molar-refractivity contribution in [2.75, 3.05) is 0 Å². The third kappa shape index (κ3) is 1.39. The second-order valence-corrected chi connectivity index (χ2v) is 2.76. The number of fused-ring (bicyclic) bond motifs is 1. The Morgan fingerprint density at radius 3 is 2.85 bits per heavy atom. The van der Waals surface area contributed by atoms with Crippen LogP contribution in [-0.2, 0) is 0 Å². The Hall–Kier alpha value is -1.45. The van der Waals surface area contributed by atoms with Crippen molar-refractivity contribution in [1.82, 2.24) is 4.98 Å². The van der Waals surface area contributed by atoms with Crippen molar-refractivity contribution in [3.05, 3.63) is 29.7 Å². The molecule has 0 bridgehead atoms. The lowest BCUT2D eigenvalue weighted by Gasteiger charge is -1.96. The first-order chi connectivity index (χ1) is 6.16. The van der Waals surface area contributed by atoms with E-state index in [1.165, 1.54) is 18.2 Å². The summed E-state index contributed by atoms with van der Waals surface area (Å²) in [7, 11) is 0. The minimum absolute atomic E-state index is 0.0270. The van der Waals surface area contributed by atoms with Crippen LogP contribution < -0.4 is 0 Å². The summed E-state index contributed by atoms with van der Waals surface area (Å²) in [6.45, 7) is 1.68. The van der Waals surface area contributed by atoms with Crippen molar-refractivity contribution in [1.29, 1.82) is 0 Å². The topological polar surface area (TPSA) is 26.0 Å². The molecule has 0 aliphatic rings. The predicted octanol–water partition coefficient (Wildman–Crippen LogP) is 3.07. The summed E-state index contributed by atoms with van der Waals surface area (Å²) in [5.74, 6) is 0.487. The smallest absolute Gasteiger partial charge is 0.263 e. The van der Waals surface area contributed by atoms with Gasteiger partial charge >= 0.3 is 0 Å². The van der Waals surface area contributed by atoms with Gasteiger partial charge in [0.1, 0.15) is 5.52 Å². The van der Waals surface area contributed by atoms with E-state index in [0.29, 0.717) is 17.0 Å². The van der Waals surface area contributed by atoms with E-state index in [-0.39, 0.29) is 5.56 Å². The van der Waals surface area contributed by atoms with Crippen LogP contribution in [0.25, 0.3) is 11.1 Å². The average molecular weight is 183 g/mol. The maximum absolute atomic E-state index is 12.2. The van der Waals surface area contributed by atoms with E-state index in [4.69, 9.17) is 4.42 Å². The van der Waals surface area contributed by atoms with Gasteiger partial charge in [-0.05, 0) is 18.2 Å². The highest BCUT2D eigenvalue weighted by Crippen LogP contribution is 2.23. The molecule has 0 unspecified atom stereocenters. The van der Waals surface area contributed by atoms with E-state index in [2.05, 4.69) is 4.98 Å². The largest absolute Gasteiger partial charge is 0.441 e. The first-order valence-corrected chi connectivity index (χ1v) is 3.82. The molecule has 0 N–H and O–H groups in total. The Labute approximate surface area is 73.2 Å². The molecule has 1 aromatic carbocycles. The van der Waals surface area contributed by atoms with Crippen molar-refractivity contribution in [2.45, 2.75) is 13.3 Å². The monoisotopic (exact) mass is 183 g/mol. The second-order valence-electron chi connectivity index (χ2n) is 2.76. The molecule has 0 aliphatic heterocycles. The molecular weight excluding hydrogens is 176 g/mol. The van der Waals surface area contributed by atoms with Crippen LogP contribution in [0.3, 0.4) is 0 Å². The zero-order valence-electron chi connectivity index (χ0n) is 6.92. The number of benzene rings is 1. The Kier molecular flexibility index (Phi) is 1.76. The number of rotatable bonds is 1. The zero-order valence-corrected chi connectivity index (χ0v) is 6.92. The van der Waals surface area contributed by atoms with Gasteiger partial charge in [-0.2, -0.15) is 0 Å². The molecule has 0 saturated carbocycles. The Morgan fingerprint density at radius 1 is 1.38 bits per heavy atom. The average Bonchev–Trinajstić information content (AvgIpc) is 2.42. The van der Waals surface area contributed by atoms with Gasteiger partial charge in [0.05, 0.1) is 0 Å². The highest BCUT2D eigenvalue weighted by atomic mass is 19.3. The highest BCUT2D eigenvalue weighted by molar-refractivity contribution is 5.73. The first-order valence-electron chi connectivity index (χ1n) is 3.82. The summed E-state index contributed by atoms with van der Waals surface area (Å²) in [5, 5.41) is 0. The fraction of sp³-hybridized carbons (Fsp3) is 0.222. The SMILES string of the molecule is Cc1nc2cc(C(F)F)ccc2o1. The molecule has 13 heavy (non-hydrogen) atoms. The minimum atomic E-state index is -2.46. The molecule has 4 heteroatoms. The first kappa shape index (κ1) is 8.16. The van der Waals surface area contributed by atoms with Gasteiger partial charge in [0, 0.05) is 12.5 Å². The fourth-order valence-electron chi connectivity index (χ4n) is 1.20. The maximum Gasteiger partial charge on any atom is 0.263 e. The summed E-state index contributed by atoms with van der Waals surface area (Å²) < 4.78 is 29.6. The molecule has 0 radical (unpaired) electrons. The van der Waals surface area contributed by atoms with Crippen molar-refractivity contribution in [2.24, 2.45) is 0 Å². The van der Waals surface area contributed by atoms with Crippen molar-refractivity contribution in [3.63, 3.8) is 0 Å². The van der Waals surface area contributed by atoms with E-state index in [1.807, 2.05) is 0 Å². The van der Waals surface area contributed by atoms with Crippen LogP contribution in [0.2, 0.25) is 0 Å². The molecule has 2 aromatic rings. The molecule has 68 valence electrons. The molecule has 0 saturated heterocycles. The number of alkyl halides is 2. The zero-order chi connectivity index (χ0) is 9.42. The lowest BCUT2D eigenvalue weighted by atomic mass is 10.2. The fourth-order valence-corrected chi connectivity index (χ4v) is 1.20. The second kappa shape index (κ2) is 2.80. The van der Waals surface area contributed by atoms with Gasteiger partial charge in [-0.25, -0.2) is 13.8 Å². The normalized spacial score (nSPS) is 11.4. The van der Waals surface area contributed by atoms with Crippen molar-refractivity contribution in [3.8, 4) is 0 Å². The summed E-state index contributed by atoms with van der Waals surface area (Å²) in [6.07, 6.45) is -2.46. The molecule has 0 amide bonds. The Balaban J connectivity index is 2.61. The van der Waals surface area contributed by atoms with Crippen LogP contribution in [0.1, 0.15) is 17.9 Å². The van der Waals surface area contributed by atoms with Crippen LogP contribution in [0, 0.1) is 6.92 Å². The minimum Gasteiger partial charge on any atom is -0.441 e. The highest BCUT2D eigenvalue weighted by Gasteiger charge is 2.09. The number of oxazole rings is 1. The number of halogens is 2. The van der Waals surface area contributed by atoms with E-state index in [0.717, 1.165) is 0 Å². The molecule has 0 fully saturated rings. The standard InChI is InChI=1S/C9H7F2NO/c1-5-12-7-4-6(9(10)11)2-3-8(7)13-5/h2-4,9H,1H3. The van der Waals surface area contributed by atoms with Gasteiger partial charge in [0.25, 0.3) is 6.43 Å². The lowest BCUT2D eigenvalue weighted by molar-refractivity contribution is 0.151. The summed E-state index contributed by atoms with van der Waals surface area (Å²) >= 11 is 0. The van der Waals surface area contributed by atoms with Crippen molar-refractivity contribution >= 4 is 11.1 Å². The van der Waals surface area contributed by atoms with Crippen LogP contribution in [0.5, 0.6) is 0 Å². The van der Waals surface area contributed by atoms with Gasteiger partial charge in [0.2, 0.25) is 0 Å². The van der Waals surface area contributed by atoms with E-state index in [9.17, 15) is 8.78 Å². The van der Waals surface area contributed by atoms with Crippen LogP contribution >= 0.6 is 0 Å². The molecule has 0 atom stereocenters. The number of aromatic nitrogens is 1. The number of hydrogen-bond donors (Lipinski definition) is 0. The van der Waals surface area contributed by atoms with Crippen LogP contribution in [0.15, 0.2) is 22.6 Å². The molecule has 0 aliphatic carbocycles. The third-order valence-electron chi connectivity index (χ3n) is 1.77. The van der Waals surface area contributed by atoms with Crippen LogP contribution in [0.4, 0.5) is 8.78 Å². The van der Waals surface area contributed by atoms with Gasteiger partial charge < -0.3 is 4.42 Å². The summed E-state index contributed by atoms with van der Waals surface area (Å²) in [6, 6.07) is 4.20. The summed E-state index contributed by atoms with van der Waals surface area (Å²) in [5.41, 5.74) is 0.998. The van der Waals surface area contributed by atoms with E-state index in [1.54, 1.807) is 6.92 Å².